The fourth-order valence-electron chi connectivity index (χ4n) is 3.51. The Morgan fingerprint density at radius 1 is 0.818 bits per heavy atom. The molecule has 2 aromatic rings. The van der Waals surface area contributed by atoms with E-state index >= 15 is 0 Å². The first-order chi connectivity index (χ1) is 10.7. The molecule has 0 N–H and O–H groups in total. The third-order valence-corrected chi connectivity index (χ3v) is 4.73. The van der Waals surface area contributed by atoms with E-state index in [1.54, 1.807) is 12.1 Å². The Bertz CT molecular complexity index is 653. The van der Waals surface area contributed by atoms with Crippen LogP contribution in [0.5, 0.6) is 0 Å². The summed E-state index contributed by atoms with van der Waals surface area (Å²) in [5.74, 6) is -0.00198. The monoisotopic (exact) mass is 292 g/mol. The van der Waals surface area contributed by atoms with Gasteiger partial charge < -0.3 is 0 Å². The minimum atomic E-state index is -0.453. The second-order valence-electron chi connectivity index (χ2n) is 6.04. The molecule has 3 rings (SSSR count). The summed E-state index contributed by atoms with van der Waals surface area (Å²) in [6.45, 7) is 0. The molecule has 1 aliphatic carbocycles. The molecule has 0 radical (unpaired) electrons. The molecule has 2 nitrogen and oxygen atoms in total. The van der Waals surface area contributed by atoms with Crippen molar-refractivity contribution in [2.75, 3.05) is 0 Å². The third-order valence-electron chi connectivity index (χ3n) is 4.73. The van der Waals surface area contributed by atoms with Gasteiger partial charge in [0.15, 0.2) is 11.6 Å². The minimum absolute atomic E-state index is 0.00108. The zero-order chi connectivity index (χ0) is 15.4. The molecule has 0 aliphatic heterocycles. The molecule has 0 spiro atoms. The topological polar surface area (TPSA) is 34.1 Å². The third kappa shape index (κ3) is 2.74. The summed E-state index contributed by atoms with van der Waals surface area (Å²) in [6.07, 6.45) is 3.83. The maximum absolute atomic E-state index is 12.9. The van der Waals surface area contributed by atoms with E-state index in [2.05, 4.69) is 0 Å². The predicted molar refractivity (Wildman–Crippen MR) is 87.0 cm³/mol. The largest absolute Gasteiger partial charge is 0.298 e. The van der Waals surface area contributed by atoms with Crippen LogP contribution in [0.15, 0.2) is 60.7 Å². The van der Waals surface area contributed by atoms with Gasteiger partial charge in [-0.2, -0.15) is 0 Å². The Morgan fingerprint density at radius 3 is 1.95 bits per heavy atom. The van der Waals surface area contributed by atoms with Crippen LogP contribution in [0, 0.1) is 0 Å². The van der Waals surface area contributed by atoms with Gasteiger partial charge in [0.05, 0.1) is 11.8 Å². The van der Waals surface area contributed by atoms with Crippen molar-refractivity contribution >= 4 is 11.6 Å². The van der Waals surface area contributed by atoms with Crippen LogP contribution in [0.3, 0.4) is 0 Å². The first-order valence-corrected chi connectivity index (χ1v) is 7.89. The van der Waals surface area contributed by atoms with Gasteiger partial charge in [-0.3, -0.25) is 9.59 Å². The van der Waals surface area contributed by atoms with Gasteiger partial charge in [0, 0.05) is 5.56 Å². The molecule has 1 fully saturated rings. The van der Waals surface area contributed by atoms with Gasteiger partial charge in [-0.05, 0) is 18.4 Å². The molecule has 2 heteroatoms. The highest BCUT2D eigenvalue weighted by atomic mass is 16.1. The quantitative estimate of drug-likeness (QED) is 0.607. The lowest BCUT2D eigenvalue weighted by Gasteiger charge is -2.28. The number of hydrogen-bond donors (Lipinski definition) is 0. The Kier molecular flexibility index (Phi) is 4.19. The van der Waals surface area contributed by atoms with E-state index in [-0.39, 0.29) is 18.0 Å². The zero-order valence-electron chi connectivity index (χ0n) is 12.6. The fraction of sp³-hybridized carbons (Fsp3) is 0.300. The van der Waals surface area contributed by atoms with Crippen LogP contribution in [-0.2, 0) is 10.2 Å². The normalized spacial score (nSPS) is 16.4. The molecule has 1 saturated carbocycles. The molecule has 0 atom stereocenters. The van der Waals surface area contributed by atoms with Gasteiger partial charge in [-0.15, -0.1) is 0 Å². The number of ketones is 2. The van der Waals surface area contributed by atoms with Gasteiger partial charge in [0.2, 0.25) is 0 Å². The van der Waals surface area contributed by atoms with E-state index in [0.29, 0.717) is 5.56 Å². The lowest BCUT2D eigenvalue weighted by molar-refractivity contribution is -0.123. The highest BCUT2D eigenvalue weighted by Gasteiger charge is 2.42. The van der Waals surface area contributed by atoms with Crippen LogP contribution in [0.4, 0.5) is 0 Å². The van der Waals surface area contributed by atoms with Gasteiger partial charge in [0.1, 0.15) is 0 Å². The van der Waals surface area contributed by atoms with E-state index in [9.17, 15) is 9.59 Å². The molecule has 1 aliphatic rings. The van der Waals surface area contributed by atoms with Crippen LogP contribution >= 0.6 is 0 Å². The smallest absolute Gasteiger partial charge is 0.170 e. The highest BCUT2D eigenvalue weighted by molar-refractivity contribution is 6.11. The summed E-state index contributed by atoms with van der Waals surface area (Å²) in [5, 5.41) is 0. The lowest BCUT2D eigenvalue weighted by atomic mass is 9.73. The van der Waals surface area contributed by atoms with Crippen molar-refractivity contribution in [3.63, 3.8) is 0 Å². The molecule has 0 aromatic heterocycles. The van der Waals surface area contributed by atoms with Crippen molar-refractivity contribution in [3.8, 4) is 0 Å². The van der Waals surface area contributed by atoms with Crippen molar-refractivity contribution in [1.82, 2.24) is 0 Å². The Hall–Kier alpha value is -2.22. The van der Waals surface area contributed by atoms with Crippen LogP contribution < -0.4 is 0 Å². The summed E-state index contributed by atoms with van der Waals surface area (Å²) in [6, 6.07) is 19.1. The van der Waals surface area contributed by atoms with Gasteiger partial charge >= 0.3 is 0 Å². The number of carbonyl (C=O) groups is 2. The summed E-state index contributed by atoms with van der Waals surface area (Å²) in [7, 11) is 0. The SMILES string of the molecule is O=C(CC(=O)C1(c2ccccc2)CCCC1)c1ccccc1. The molecule has 0 unspecified atom stereocenters. The maximum Gasteiger partial charge on any atom is 0.170 e. The minimum Gasteiger partial charge on any atom is -0.298 e. The molecular weight excluding hydrogens is 272 g/mol. The molecule has 0 heterocycles. The van der Waals surface area contributed by atoms with Crippen LogP contribution in [0.2, 0.25) is 0 Å². The second kappa shape index (κ2) is 6.27. The van der Waals surface area contributed by atoms with Crippen molar-refractivity contribution in [3.05, 3.63) is 71.8 Å². The standard InChI is InChI=1S/C20H20O2/c21-18(16-9-3-1-4-10-16)15-19(22)20(13-7-8-14-20)17-11-5-2-6-12-17/h1-6,9-12H,7-8,13-15H2. The fourth-order valence-corrected chi connectivity index (χ4v) is 3.51. The number of benzene rings is 2. The number of carbonyl (C=O) groups excluding carboxylic acids is 2. The lowest BCUT2D eigenvalue weighted by Crippen LogP contribution is -2.34. The first-order valence-electron chi connectivity index (χ1n) is 7.89. The molecule has 0 bridgehead atoms. The maximum atomic E-state index is 12.9. The van der Waals surface area contributed by atoms with Gasteiger partial charge in [-0.25, -0.2) is 0 Å². The summed E-state index contributed by atoms with van der Waals surface area (Å²) >= 11 is 0. The first kappa shape index (κ1) is 14.7. The average molecular weight is 292 g/mol. The summed E-state index contributed by atoms with van der Waals surface area (Å²) in [5.41, 5.74) is 1.24. The molecule has 2 aromatic carbocycles. The van der Waals surface area contributed by atoms with Gasteiger partial charge in [0.25, 0.3) is 0 Å². The number of rotatable bonds is 5. The zero-order valence-corrected chi connectivity index (χ0v) is 12.6. The van der Waals surface area contributed by atoms with Crippen LogP contribution in [0.1, 0.15) is 48.0 Å². The van der Waals surface area contributed by atoms with Crippen LogP contribution in [0.25, 0.3) is 0 Å². The van der Waals surface area contributed by atoms with Crippen molar-refractivity contribution in [2.45, 2.75) is 37.5 Å². The highest BCUT2D eigenvalue weighted by Crippen LogP contribution is 2.42. The van der Waals surface area contributed by atoms with Crippen LogP contribution in [-0.4, -0.2) is 11.6 Å². The predicted octanol–water partition coefficient (Wildman–Crippen LogP) is 4.34. The van der Waals surface area contributed by atoms with Gasteiger partial charge in [-0.1, -0.05) is 73.5 Å². The molecule has 112 valence electrons. The second-order valence-corrected chi connectivity index (χ2v) is 6.04. The van der Waals surface area contributed by atoms with Crippen molar-refractivity contribution in [1.29, 1.82) is 0 Å². The Labute approximate surface area is 131 Å². The van der Waals surface area contributed by atoms with E-state index in [1.165, 1.54) is 0 Å². The van der Waals surface area contributed by atoms with Crippen molar-refractivity contribution in [2.24, 2.45) is 0 Å². The Balaban J connectivity index is 1.84. The van der Waals surface area contributed by atoms with E-state index in [0.717, 1.165) is 31.2 Å². The van der Waals surface area contributed by atoms with E-state index in [4.69, 9.17) is 0 Å². The van der Waals surface area contributed by atoms with E-state index in [1.807, 2.05) is 48.5 Å². The molecular formula is C20H20O2. The summed E-state index contributed by atoms with van der Waals surface area (Å²) < 4.78 is 0. The van der Waals surface area contributed by atoms with E-state index < -0.39 is 5.41 Å². The average Bonchev–Trinajstić information content (AvgIpc) is 3.07. The van der Waals surface area contributed by atoms with Crippen molar-refractivity contribution < 1.29 is 9.59 Å². The molecule has 22 heavy (non-hydrogen) atoms. The Morgan fingerprint density at radius 2 is 1.36 bits per heavy atom. The molecule has 0 saturated heterocycles. The molecule has 0 amide bonds. The number of Topliss-reactive ketones (excluding diaryl/α,β-unsaturated/α-hetero) is 2. The number of hydrogen-bond acceptors (Lipinski definition) is 2. The summed E-state index contributed by atoms with van der Waals surface area (Å²) in [4.78, 5) is 25.3.